The monoisotopic (exact) mass is 348 g/mol. The van der Waals surface area contributed by atoms with Crippen LogP contribution in [0.3, 0.4) is 0 Å². The van der Waals surface area contributed by atoms with Crippen LogP contribution in [-0.4, -0.2) is 56.8 Å². The quantitative estimate of drug-likeness (QED) is 0.468. The van der Waals surface area contributed by atoms with Gasteiger partial charge < -0.3 is 15.4 Å². The van der Waals surface area contributed by atoms with Crippen LogP contribution in [0.5, 0.6) is 0 Å². The molecule has 1 aromatic rings. The molecule has 0 spiro atoms. The van der Waals surface area contributed by atoms with Gasteiger partial charge in [-0.1, -0.05) is 29.7 Å². The van der Waals surface area contributed by atoms with Crippen LogP contribution < -0.4 is 10.6 Å². The maximum absolute atomic E-state index is 6.18. The van der Waals surface area contributed by atoms with Crippen molar-refractivity contribution < 1.29 is 4.74 Å². The average Bonchev–Trinajstić information content (AvgIpc) is 2.61. The summed E-state index contributed by atoms with van der Waals surface area (Å²) in [6, 6.07) is 8.15. The lowest BCUT2D eigenvalue weighted by Crippen LogP contribution is -2.41. The lowest BCUT2D eigenvalue weighted by molar-refractivity contribution is 0.0180. The number of nitrogens with one attached hydrogen (secondary N) is 2. The van der Waals surface area contributed by atoms with Crippen LogP contribution in [0.1, 0.15) is 18.5 Å². The number of hydrogen-bond acceptors (Lipinski definition) is 3. The van der Waals surface area contributed by atoms with Crippen molar-refractivity contribution in [1.29, 1.82) is 0 Å². The lowest BCUT2D eigenvalue weighted by Gasteiger charge is -2.34. The Hall–Kier alpha value is -1.74. The molecule has 1 aromatic carbocycles. The predicted octanol–water partition coefficient (Wildman–Crippen LogP) is 1.90. The number of hydrogen-bond donors (Lipinski definition) is 2. The van der Waals surface area contributed by atoms with Crippen molar-refractivity contribution in [2.45, 2.75) is 13.0 Å². The molecule has 130 valence electrons. The fourth-order valence-electron chi connectivity index (χ4n) is 2.69. The third-order valence-electron chi connectivity index (χ3n) is 3.84. The molecule has 0 aliphatic carbocycles. The van der Waals surface area contributed by atoms with Crippen LogP contribution in [0, 0.1) is 12.3 Å². The number of nitrogens with zero attached hydrogens (tertiary/aromatic N) is 2. The zero-order chi connectivity index (χ0) is 17.2. The molecule has 2 N–H and O–H groups in total. The molecular weight excluding hydrogens is 324 g/mol. The van der Waals surface area contributed by atoms with Crippen LogP contribution in [0.15, 0.2) is 29.3 Å². The number of halogens is 1. The normalized spacial score (nSPS) is 17.1. The first-order valence-electron chi connectivity index (χ1n) is 8.27. The summed E-state index contributed by atoms with van der Waals surface area (Å²) >= 11 is 6.18. The Bertz CT molecular complexity index is 579. The lowest BCUT2D eigenvalue weighted by atomic mass is 10.0. The molecule has 1 atom stereocenters. The number of terminal acetylenes is 1. The van der Waals surface area contributed by atoms with E-state index >= 15 is 0 Å². The molecule has 1 unspecified atom stereocenters. The van der Waals surface area contributed by atoms with Crippen LogP contribution in [0.25, 0.3) is 0 Å². The molecule has 1 aliphatic rings. The SMILES string of the molecule is C#CCNC(=NCC(c1cccc(Cl)c1)N1CCOCC1)NCC. The van der Waals surface area contributed by atoms with Gasteiger partial charge in [0.05, 0.1) is 32.3 Å². The minimum atomic E-state index is 0.161. The Morgan fingerprint density at radius 1 is 1.42 bits per heavy atom. The van der Waals surface area contributed by atoms with E-state index in [1.807, 2.05) is 25.1 Å². The van der Waals surface area contributed by atoms with Gasteiger partial charge in [0.25, 0.3) is 0 Å². The summed E-state index contributed by atoms with van der Waals surface area (Å²) in [6.45, 7) is 7.17. The Labute approximate surface area is 149 Å². The maximum atomic E-state index is 6.18. The summed E-state index contributed by atoms with van der Waals surface area (Å²) < 4.78 is 5.48. The summed E-state index contributed by atoms with van der Waals surface area (Å²) in [5.41, 5.74) is 1.17. The van der Waals surface area contributed by atoms with Gasteiger partial charge in [0, 0.05) is 24.7 Å². The fourth-order valence-corrected chi connectivity index (χ4v) is 2.89. The van der Waals surface area contributed by atoms with E-state index in [9.17, 15) is 0 Å². The third-order valence-corrected chi connectivity index (χ3v) is 4.08. The molecule has 24 heavy (non-hydrogen) atoms. The predicted molar refractivity (Wildman–Crippen MR) is 99.4 cm³/mol. The van der Waals surface area contributed by atoms with Gasteiger partial charge in [-0.3, -0.25) is 9.89 Å². The summed E-state index contributed by atoms with van der Waals surface area (Å²) in [6.07, 6.45) is 5.32. The van der Waals surface area contributed by atoms with Gasteiger partial charge in [0.15, 0.2) is 5.96 Å². The molecule has 1 saturated heterocycles. The van der Waals surface area contributed by atoms with Crippen LogP contribution in [-0.2, 0) is 4.74 Å². The number of aliphatic imine (C=N–C) groups is 1. The molecular formula is C18H25ClN4O. The fraction of sp³-hybridized carbons (Fsp3) is 0.500. The molecule has 0 bridgehead atoms. The van der Waals surface area contributed by atoms with Crippen LogP contribution in [0.4, 0.5) is 0 Å². The topological polar surface area (TPSA) is 48.9 Å². The minimum absolute atomic E-state index is 0.161. The van der Waals surface area contributed by atoms with E-state index in [-0.39, 0.29) is 6.04 Å². The van der Waals surface area contributed by atoms with Gasteiger partial charge in [-0.15, -0.1) is 6.42 Å². The highest BCUT2D eigenvalue weighted by molar-refractivity contribution is 6.30. The first-order chi connectivity index (χ1) is 11.7. The average molecular weight is 349 g/mol. The molecule has 0 aromatic heterocycles. The molecule has 1 aliphatic heterocycles. The second-order valence-corrected chi connectivity index (χ2v) is 5.93. The smallest absolute Gasteiger partial charge is 0.192 e. The summed E-state index contributed by atoms with van der Waals surface area (Å²) in [5.74, 6) is 3.30. The van der Waals surface area contributed by atoms with Crippen LogP contribution >= 0.6 is 11.6 Å². The second-order valence-electron chi connectivity index (χ2n) is 5.50. The van der Waals surface area contributed by atoms with Crippen molar-refractivity contribution in [3.8, 4) is 12.3 Å². The van der Waals surface area contributed by atoms with E-state index < -0.39 is 0 Å². The zero-order valence-electron chi connectivity index (χ0n) is 14.1. The number of guanidine groups is 1. The van der Waals surface area contributed by atoms with E-state index in [1.54, 1.807) is 0 Å². The zero-order valence-corrected chi connectivity index (χ0v) is 14.9. The van der Waals surface area contributed by atoms with Gasteiger partial charge in [-0.25, -0.2) is 0 Å². The standard InChI is InChI=1S/C18H25ClN4O/c1-3-8-21-18(20-4-2)22-14-17(23-9-11-24-12-10-23)15-6-5-7-16(19)13-15/h1,5-7,13,17H,4,8-12,14H2,2H3,(H2,20,21,22). The second kappa shape index (κ2) is 10.2. The molecule has 0 radical (unpaired) electrons. The Balaban J connectivity index is 2.16. The first-order valence-corrected chi connectivity index (χ1v) is 8.65. The molecule has 5 nitrogen and oxygen atoms in total. The van der Waals surface area contributed by atoms with E-state index in [1.165, 1.54) is 5.56 Å². The van der Waals surface area contributed by atoms with E-state index in [4.69, 9.17) is 27.8 Å². The van der Waals surface area contributed by atoms with Gasteiger partial charge in [-0.2, -0.15) is 0 Å². The van der Waals surface area contributed by atoms with Gasteiger partial charge in [0.1, 0.15) is 0 Å². The maximum Gasteiger partial charge on any atom is 0.192 e. The van der Waals surface area contributed by atoms with E-state index in [0.717, 1.165) is 43.8 Å². The number of ether oxygens (including phenoxy) is 1. The van der Waals surface area contributed by atoms with Gasteiger partial charge >= 0.3 is 0 Å². The number of rotatable bonds is 6. The highest BCUT2D eigenvalue weighted by atomic mass is 35.5. The van der Waals surface area contributed by atoms with Crippen LogP contribution in [0.2, 0.25) is 5.02 Å². The highest BCUT2D eigenvalue weighted by Crippen LogP contribution is 2.24. The highest BCUT2D eigenvalue weighted by Gasteiger charge is 2.22. The largest absolute Gasteiger partial charge is 0.379 e. The summed E-state index contributed by atoms with van der Waals surface area (Å²) in [5, 5.41) is 7.08. The Morgan fingerprint density at radius 2 is 2.21 bits per heavy atom. The number of morpholine rings is 1. The van der Waals surface area contributed by atoms with Crippen molar-refractivity contribution in [3.63, 3.8) is 0 Å². The van der Waals surface area contributed by atoms with Crippen molar-refractivity contribution in [3.05, 3.63) is 34.9 Å². The van der Waals surface area contributed by atoms with E-state index in [0.29, 0.717) is 13.1 Å². The first kappa shape index (κ1) is 18.6. The molecule has 1 heterocycles. The van der Waals surface area contributed by atoms with Crippen molar-refractivity contribution in [2.24, 2.45) is 4.99 Å². The molecule has 0 amide bonds. The van der Waals surface area contributed by atoms with Gasteiger partial charge in [0.2, 0.25) is 0 Å². The molecule has 1 fully saturated rings. The molecule has 0 saturated carbocycles. The Morgan fingerprint density at radius 3 is 2.88 bits per heavy atom. The van der Waals surface area contributed by atoms with Crippen molar-refractivity contribution in [1.82, 2.24) is 15.5 Å². The molecule has 6 heteroatoms. The summed E-state index contributed by atoms with van der Waals surface area (Å²) in [4.78, 5) is 7.10. The van der Waals surface area contributed by atoms with Crippen molar-refractivity contribution in [2.75, 3.05) is 45.9 Å². The van der Waals surface area contributed by atoms with Gasteiger partial charge in [-0.05, 0) is 24.6 Å². The van der Waals surface area contributed by atoms with Crippen molar-refractivity contribution >= 4 is 17.6 Å². The summed E-state index contributed by atoms with van der Waals surface area (Å²) in [7, 11) is 0. The Kier molecular flexibility index (Phi) is 7.90. The third kappa shape index (κ3) is 5.72. The van der Waals surface area contributed by atoms with E-state index in [2.05, 4.69) is 27.5 Å². The number of benzene rings is 1. The molecule has 2 rings (SSSR count). The minimum Gasteiger partial charge on any atom is -0.379 e.